The quantitative estimate of drug-likeness (QED) is 0.918. The Morgan fingerprint density at radius 3 is 2.88 bits per heavy atom. The highest BCUT2D eigenvalue weighted by Gasteiger charge is 2.26. The van der Waals surface area contributed by atoms with Crippen LogP contribution >= 0.6 is 0 Å². The number of hydrogen-bond donors (Lipinski definition) is 1. The molecule has 0 spiro atoms. The first-order valence-electron chi connectivity index (χ1n) is 8.03. The molecule has 1 saturated heterocycles. The summed E-state index contributed by atoms with van der Waals surface area (Å²) in [6.07, 6.45) is -0.314. The number of nitrogens with zero attached hydrogens (tertiary/aromatic N) is 2. The van der Waals surface area contributed by atoms with Crippen molar-refractivity contribution in [3.63, 3.8) is 0 Å². The Labute approximate surface area is 145 Å². The molecule has 2 N–H and O–H groups in total. The molecule has 7 heteroatoms. The lowest BCUT2D eigenvalue weighted by molar-refractivity contribution is -0.141. The number of amides is 1. The zero-order chi connectivity index (χ0) is 17.8. The number of hydrogen-bond acceptors (Lipinski definition) is 5. The Morgan fingerprint density at radius 2 is 2.16 bits per heavy atom. The van der Waals surface area contributed by atoms with Crippen molar-refractivity contribution >= 4 is 11.6 Å². The zero-order valence-electron chi connectivity index (χ0n) is 13.9. The Morgan fingerprint density at radius 1 is 1.40 bits per heavy atom. The van der Waals surface area contributed by atoms with Crippen molar-refractivity contribution in [2.45, 2.75) is 13.0 Å². The van der Waals surface area contributed by atoms with Crippen molar-refractivity contribution in [2.75, 3.05) is 32.0 Å². The number of nitrogen functional groups attached to an aromatic ring is 1. The molecule has 1 aliphatic heterocycles. The minimum Gasteiger partial charge on any atom is -0.484 e. The molecular formula is C18H20FN3O3. The van der Waals surface area contributed by atoms with E-state index in [2.05, 4.69) is 4.98 Å². The molecule has 1 fully saturated rings. The van der Waals surface area contributed by atoms with Crippen molar-refractivity contribution in [3.8, 4) is 5.75 Å². The average molecular weight is 345 g/mol. The van der Waals surface area contributed by atoms with E-state index in [9.17, 15) is 9.18 Å². The Hall–Kier alpha value is -2.67. The van der Waals surface area contributed by atoms with Gasteiger partial charge in [0.1, 0.15) is 17.7 Å². The topological polar surface area (TPSA) is 77.7 Å². The molecule has 2 aromatic rings. The smallest absolute Gasteiger partial charge is 0.260 e. The number of anilines is 1. The second-order valence-corrected chi connectivity index (χ2v) is 5.91. The summed E-state index contributed by atoms with van der Waals surface area (Å²) in [6, 6.07) is 9.11. The number of morpholine rings is 1. The Bertz CT molecular complexity index is 731. The summed E-state index contributed by atoms with van der Waals surface area (Å²) in [5.41, 5.74) is 8.00. The highest BCUT2D eigenvalue weighted by atomic mass is 19.1. The van der Waals surface area contributed by atoms with Crippen LogP contribution < -0.4 is 10.5 Å². The van der Waals surface area contributed by atoms with Crippen LogP contribution in [0.25, 0.3) is 0 Å². The molecule has 2 heterocycles. The highest BCUT2D eigenvalue weighted by Crippen LogP contribution is 2.23. The maximum Gasteiger partial charge on any atom is 0.260 e. The van der Waals surface area contributed by atoms with Gasteiger partial charge in [0.2, 0.25) is 0 Å². The Kier molecular flexibility index (Phi) is 5.14. The molecule has 1 aromatic carbocycles. The summed E-state index contributed by atoms with van der Waals surface area (Å²) in [7, 11) is 0. The predicted octanol–water partition coefficient (Wildman–Crippen LogP) is 2.09. The van der Waals surface area contributed by atoms with Crippen LogP contribution in [0, 0.1) is 12.7 Å². The third-order valence-electron chi connectivity index (χ3n) is 3.92. The lowest BCUT2D eigenvalue weighted by Gasteiger charge is -2.32. The molecule has 1 amide bonds. The van der Waals surface area contributed by atoms with Gasteiger partial charge in [-0.15, -0.1) is 0 Å². The molecule has 3 rings (SSSR count). The van der Waals surface area contributed by atoms with E-state index in [1.165, 1.54) is 24.3 Å². The van der Waals surface area contributed by atoms with Gasteiger partial charge in [-0.05, 0) is 43.3 Å². The first-order chi connectivity index (χ1) is 12.0. The van der Waals surface area contributed by atoms with E-state index in [0.717, 1.165) is 11.4 Å². The van der Waals surface area contributed by atoms with Gasteiger partial charge in [-0.25, -0.2) is 4.39 Å². The van der Waals surface area contributed by atoms with Gasteiger partial charge in [0, 0.05) is 17.9 Å². The first-order valence-corrected chi connectivity index (χ1v) is 8.03. The third kappa shape index (κ3) is 4.45. The first kappa shape index (κ1) is 17.2. The van der Waals surface area contributed by atoms with Crippen LogP contribution in [-0.4, -0.2) is 42.1 Å². The van der Waals surface area contributed by atoms with E-state index in [-0.39, 0.29) is 24.4 Å². The number of aryl methyl sites for hydroxylation is 1. The summed E-state index contributed by atoms with van der Waals surface area (Å²) in [5, 5.41) is 0. The minimum atomic E-state index is -0.348. The van der Waals surface area contributed by atoms with E-state index in [4.69, 9.17) is 15.2 Å². The fraction of sp³-hybridized carbons (Fsp3) is 0.333. The molecule has 0 aliphatic carbocycles. The molecule has 25 heavy (non-hydrogen) atoms. The van der Waals surface area contributed by atoms with Crippen LogP contribution in [0.15, 0.2) is 36.4 Å². The fourth-order valence-corrected chi connectivity index (χ4v) is 2.71. The van der Waals surface area contributed by atoms with Gasteiger partial charge >= 0.3 is 0 Å². The predicted molar refractivity (Wildman–Crippen MR) is 90.6 cm³/mol. The maximum absolute atomic E-state index is 12.9. The molecule has 0 bridgehead atoms. The molecule has 6 nitrogen and oxygen atoms in total. The van der Waals surface area contributed by atoms with Crippen LogP contribution in [0.2, 0.25) is 0 Å². The lowest BCUT2D eigenvalue weighted by atomic mass is 10.1. The van der Waals surface area contributed by atoms with Crippen molar-refractivity contribution in [1.29, 1.82) is 0 Å². The van der Waals surface area contributed by atoms with Crippen molar-refractivity contribution < 1.29 is 18.7 Å². The number of aromatic nitrogens is 1. The van der Waals surface area contributed by atoms with Crippen molar-refractivity contribution in [2.24, 2.45) is 0 Å². The van der Waals surface area contributed by atoms with E-state index >= 15 is 0 Å². The van der Waals surface area contributed by atoms with Crippen LogP contribution in [0.3, 0.4) is 0 Å². The standard InChI is InChI=1S/C18H20FN3O3/c1-12-8-14(20)9-16(21-12)17-10-22(6-7-24-17)18(23)11-25-15-4-2-13(19)3-5-15/h2-5,8-9,17H,6-7,10-11H2,1H3,(H2,20,21)/t17-/m1/s1. The van der Waals surface area contributed by atoms with Crippen LogP contribution in [0.1, 0.15) is 17.5 Å². The number of carbonyl (C=O) groups is 1. The van der Waals surface area contributed by atoms with Crippen molar-refractivity contribution in [3.05, 3.63) is 53.6 Å². The highest BCUT2D eigenvalue weighted by molar-refractivity contribution is 5.78. The minimum absolute atomic E-state index is 0.109. The molecule has 1 aliphatic rings. The number of ether oxygens (including phenoxy) is 2. The van der Waals surface area contributed by atoms with Crippen LogP contribution in [0.4, 0.5) is 10.1 Å². The summed E-state index contributed by atoms with van der Waals surface area (Å²) in [5.74, 6) is -0.0504. The summed E-state index contributed by atoms with van der Waals surface area (Å²) in [4.78, 5) is 18.5. The van der Waals surface area contributed by atoms with Gasteiger partial charge in [-0.2, -0.15) is 0 Å². The van der Waals surface area contributed by atoms with Gasteiger partial charge in [0.15, 0.2) is 6.61 Å². The number of benzene rings is 1. The van der Waals surface area contributed by atoms with Crippen molar-refractivity contribution in [1.82, 2.24) is 9.88 Å². The summed E-state index contributed by atoms with van der Waals surface area (Å²) in [6.45, 7) is 3.05. The summed E-state index contributed by atoms with van der Waals surface area (Å²) < 4.78 is 24.0. The van der Waals surface area contributed by atoms with Gasteiger partial charge < -0.3 is 20.1 Å². The molecule has 0 radical (unpaired) electrons. The fourth-order valence-electron chi connectivity index (χ4n) is 2.71. The van der Waals surface area contributed by atoms with E-state index in [1.54, 1.807) is 17.0 Å². The number of pyridine rings is 1. The van der Waals surface area contributed by atoms with E-state index < -0.39 is 0 Å². The molecule has 1 atom stereocenters. The Balaban J connectivity index is 1.60. The van der Waals surface area contributed by atoms with Crippen LogP contribution in [-0.2, 0) is 9.53 Å². The second kappa shape index (κ2) is 7.48. The molecule has 0 saturated carbocycles. The van der Waals surface area contributed by atoms with Gasteiger partial charge in [0.05, 0.1) is 18.8 Å². The van der Waals surface area contributed by atoms with Crippen LogP contribution in [0.5, 0.6) is 5.75 Å². The number of nitrogens with two attached hydrogens (primary N) is 1. The SMILES string of the molecule is Cc1cc(N)cc([C@H]2CN(C(=O)COc3ccc(F)cc3)CCO2)n1. The molecule has 1 aromatic heterocycles. The summed E-state index contributed by atoms with van der Waals surface area (Å²) >= 11 is 0. The molecular weight excluding hydrogens is 325 g/mol. The number of carbonyl (C=O) groups excluding carboxylic acids is 1. The monoisotopic (exact) mass is 345 g/mol. The zero-order valence-corrected chi connectivity index (χ0v) is 13.9. The number of halogens is 1. The lowest BCUT2D eigenvalue weighted by Crippen LogP contribution is -2.44. The van der Waals surface area contributed by atoms with Gasteiger partial charge in [0.25, 0.3) is 5.91 Å². The third-order valence-corrected chi connectivity index (χ3v) is 3.92. The largest absolute Gasteiger partial charge is 0.484 e. The van der Waals surface area contributed by atoms with E-state index in [1.807, 2.05) is 6.92 Å². The van der Waals surface area contributed by atoms with E-state index in [0.29, 0.717) is 31.1 Å². The second-order valence-electron chi connectivity index (χ2n) is 5.91. The van der Waals surface area contributed by atoms with Gasteiger partial charge in [-0.3, -0.25) is 9.78 Å². The maximum atomic E-state index is 12.9. The normalized spacial score (nSPS) is 17.4. The molecule has 132 valence electrons. The number of rotatable bonds is 4. The van der Waals surface area contributed by atoms with Gasteiger partial charge in [-0.1, -0.05) is 0 Å². The molecule has 0 unspecified atom stereocenters. The average Bonchev–Trinajstić information content (AvgIpc) is 2.60.